The van der Waals surface area contributed by atoms with E-state index in [2.05, 4.69) is 46.7 Å². The van der Waals surface area contributed by atoms with Gasteiger partial charge in [0.1, 0.15) is 0 Å². The van der Waals surface area contributed by atoms with Gasteiger partial charge < -0.3 is 20.5 Å². The molecule has 156 valence electrons. The molecule has 2 saturated heterocycles. The molecular formula is C22H36N4O2. The molecule has 0 aliphatic carbocycles. The van der Waals surface area contributed by atoms with Gasteiger partial charge in [0.15, 0.2) is 5.96 Å². The Balaban J connectivity index is 1.53. The van der Waals surface area contributed by atoms with Crippen LogP contribution in [0.15, 0.2) is 29.3 Å². The molecule has 3 N–H and O–H groups in total. The Hall–Kier alpha value is -1.63. The van der Waals surface area contributed by atoms with Crippen molar-refractivity contribution in [2.24, 2.45) is 10.4 Å². The first kappa shape index (κ1) is 21.1. The third kappa shape index (κ3) is 6.19. The monoisotopic (exact) mass is 388 g/mol. The summed E-state index contributed by atoms with van der Waals surface area (Å²) in [6, 6.07) is 8.85. The molecule has 28 heavy (non-hydrogen) atoms. The Morgan fingerprint density at radius 2 is 1.93 bits per heavy atom. The summed E-state index contributed by atoms with van der Waals surface area (Å²) in [6.45, 7) is 9.52. The number of likely N-dealkylation sites (tertiary alicyclic amines) is 1. The molecule has 0 aromatic heterocycles. The summed E-state index contributed by atoms with van der Waals surface area (Å²) in [4.78, 5) is 7.27. The van der Waals surface area contributed by atoms with Gasteiger partial charge in [-0.05, 0) is 56.8 Å². The predicted molar refractivity (Wildman–Crippen MR) is 113 cm³/mol. The van der Waals surface area contributed by atoms with Crippen LogP contribution in [0.5, 0.6) is 0 Å². The van der Waals surface area contributed by atoms with E-state index in [1.54, 1.807) is 0 Å². The molecule has 2 heterocycles. The lowest BCUT2D eigenvalue weighted by Gasteiger charge is -2.27. The largest absolute Gasteiger partial charge is 0.396 e. The van der Waals surface area contributed by atoms with Gasteiger partial charge in [-0.2, -0.15) is 0 Å². The summed E-state index contributed by atoms with van der Waals surface area (Å²) in [6.07, 6.45) is 4.41. The van der Waals surface area contributed by atoms with Crippen molar-refractivity contribution in [1.82, 2.24) is 15.5 Å². The van der Waals surface area contributed by atoms with Gasteiger partial charge in [0.2, 0.25) is 0 Å². The third-order valence-corrected chi connectivity index (χ3v) is 5.85. The first-order valence-corrected chi connectivity index (χ1v) is 10.7. The fourth-order valence-electron chi connectivity index (χ4n) is 4.04. The second-order valence-electron chi connectivity index (χ2n) is 8.12. The number of benzene rings is 1. The van der Waals surface area contributed by atoms with Crippen molar-refractivity contribution >= 4 is 5.96 Å². The number of aliphatic hydroxyl groups excluding tert-OH is 1. The van der Waals surface area contributed by atoms with Gasteiger partial charge in [-0.1, -0.05) is 24.3 Å². The minimum atomic E-state index is 0.0160. The molecule has 3 rings (SSSR count). The quantitative estimate of drug-likeness (QED) is 0.447. The fraction of sp³-hybridized carbons (Fsp3) is 0.682. The molecule has 0 amide bonds. The van der Waals surface area contributed by atoms with E-state index < -0.39 is 0 Å². The summed E-state index contributed by atoms with van der Waals surface area (Å²) in [5, 5.41) is 16.2. The van der Waals surface area contributed by atoms with Crippen LogP contribution in [0.25, 0.3) is 0 Å². The molecule has 0 spiro atoms. The van der Waals surface area contributed by atoms with E-state index >= 15 is 0 Å². The molecule has 2 fully saturated rings. The van der Waals surface area contributed by atoms with Gasteiger partial charge in [0.25, 0.3) is 0 Å². The normalized spacial score (nSPS) is 23.3. The van der Waals surface area contributed by atoms with Crippen molar-refractivity contribution in [1.29, 1.82) is 0 Å². The van der Waals surface area contributed by atoms with Crippen LogP contribution < -0.4 is 10.6 Å². The Labute approximate surface area is 169 Å². The average Bonchev–Trinajstić information content (AvgIpc) is 3.38. The van der Waals surface area contributed by atoms with Crippen LogP contribution in [0.1, 0.15) is 43.7 Å². The molecule has 2 aliphatic rings. The molecule has 0 bridgehead atoms. The van der Waals surface area contributed by atoms with E-state index in [-0.39, 0.29) is 12.0 Å². The Kier molecular flexibility index (Phi) is 8.13. The Bertz CT molecular complexity index is 605. The minimum absolute atomic E-state index is 0.0160. The Morgan fingerprint density at radius 1 is 1.18 bits per heavy atom. The molecule has 6 nitrogen and oxygen atoms in total. The van der Waals surface area contributed by atoms with Crippen LogP contribution in [0.4, 0.5) is 0 Å². The number of nitrogens with zero attached hydrogens (tertiary/aromatic N) is 2. The van der Waals surface area contributed by atoms with Gasteiger partial charge >= 0.3 is 0 Å². The van der Waals surface area contributed by atoms with E-state index in [0.717, 1.165) is 45.0 Å². The maximum atomic E-state index is 9.39. The summed E-state index contributed by atoms with van der Waals surface area (Å²) in [5.41, 5.74) is 2.62. The smallest absolute Gasteiger partial charge is 0.191 e. The van der Waals surface area contributed by atoms with E-state index in [1.165, 1.54) is 37.1 Å². The average molecular weight is 389 g/mol. The summed E-state index contributed by atoms with van der Waals surface area (Å²) in [7, 11) is 0. The number of aliphatic imine (C=N–C) groups is 1. The van der Waals surface area contributed by atoms with Crippen molar-refractivity contribution in [3.8, 4) is 0 Å². The first-order chi connectivity index (χ1) is 13.7. The number of hydrogen-bond acceptors (Lipinski definition) is 4. The predicted octanol–water partition coefficient (Wildman–Crippen LogP) is 2.13. The summed E-state index contributed by atoms with van der Waals surface area (Å²) in [5.74, 6) is 0.827. The molecule has 1 unspecified atom stereocenters. The van der Waals surface area contributed by atoms with Gasteiger partial charge in [0.05, 0.1) is 13.2 Å². The van der Waals surface area contributed by atoms with E-state index in [1.807, 2.05) is 0 Å². The van der Waals surface area contributed by atoms with Gasteiger partial charge in [-0.25, -0.2) is 4.99 Å². The molecule has 1 aromatic rings. The summed E-state index contributed by atoms with van der Waals surface area (Å²) < 4.78 is 5.58. The van der Waals surface area contributed by atoms with Gasteiger partial charge in [-0.3, -0.25) is 4.90 Å². The van der Waals surface area contributed by atoms with E-state index in [0.29, 0.717) is 13.2 Å². The van der Waals surface area contributed by atoms with Crippen LogP contribution in [0.3, 0.4) is 0 Å². The number of rotatable bonds is 9. The number of guanidine groups is 1. The second kappa shape index (κ2) is 10.8. The van der Waals surface area contributed by atoms with E-state index in [4.69, 9.17) is 9.73 Å². The second-order valence-corrected chi connectivity index (χ2v) is 8.12. The third-order valence-electron chi connectivity index (χ3n) is 5.85. The molecule has 0 saturated carbocycles. The first-order valence-electron chi connectivity index (χ1n) is 10.7. The van der Waals surface area contributed by atoms with Gasteiger partial charge in [0, 0.05) is 38.3 Å². The van der Waals surface area contributed by atoms with Crippen molar-refractivity contribution in [3.63, 3.8) is 0 Å². The molecule has 1 atom stereocenters. The molecule has 1 aromatic carbocycles. The summed E-state index contributed by atoms with van der Waals surface area (Å²) >= 11 is 0. The number of ether oxygens (including phenoxy) is 1. The van der Waals surface area contributed by atoms with Crippen molar-refractivity contribution < 1.29 is 9.84 Å². The SMILES string of the molecule is CCNC(=NCc1ccc(CN2CCCC2)cc1)NCC1(CCO)CCOC1. The molecule has 6 heteroatoms. The zero-order chi connectivity index (χ0) is 19.7. The Morgan fingerprint density at radius 3 is 2.57 bits per heavy atom. The highest BCUT2D eigenvalue weighted by atomic mass is 16.5. The minimum Gasteiger partial charge on any atom is -0.396 e. The van der Waals surface area contributed by atoms with Crippen LogP contribution in [0.2, 0.25) is 0 Å². The van der Waals surface area contributed by atoms with Crippen molar-refractivity contribution in [3.05, 3.63) is 35.4 Å². The highest BCUT2D eigenvalue weighted by Crippen LogP contribution is 2.31. The molecule has 0 radical (unpaired) electrons. The molecular weight excluding hydrogens is 352 g/mol. The van der Waals surface area contributed by atoms with Crippen molar-refractivity contribution in [2.45, 2.75) is 45.7 Å². The van der Waals surface area contributed by atoms with Crippen LogP contribution in [0, 0.1) is 5.41 Å². The maximum absolute atomic E-state index is 9.39. The van der Waals surface area contributed by atoms with Crippen LogP contribution in [-0.4, -0.2) is 62.0 Å². The number of aliphatic hydroxyl groups is 1. The number of nitrogens with one attached hydrogen (secondary N) is 2. The topological polar surface area (TPSA) is 69.1 Å². The highest BCUT2D eigenvalue weighted by Gasteiger charge is 2.34. The zero-order valence-electron chi connectivity index (χ0n) is 17.3. The lowest BCUT2D eigenvalue weighted by Crippen LogP contribution is -2.44. The van der Waals surface area contributed by atoms with Gasteiger partial charge in [-0.15, -0.1) is 0 Å². The van der Waals surface area contributed by atoms with Crippen molar-refractivity contribution in [2.75, 3.05) is 46.0 Å². The maximum Gasteiger partial charge on any atom is 0.191 e. The van der Waals surface area contributed by atoms with E-state index in [9.17, 15) is 5.11 Å². The van der Waals surface area contributed by atoms with Crippen LogP contribution >= 0.6 is 0 Å². The fourth-order valence-corrected chi connectivity index (χ4v) is 4.04. The lowest BCUT2D eigenvalue weighted by molar-refractivity contribution is 0.127. The standard InChI is InChI=1S/C22H36N4O2/c1-2-23-21(25-17-22(9-13-27)10-14-28-18-22)24-15-19-5-7-20(8-6-19)16-26-11-3-4-12-26/h5-8,27H,2-4,9-18H2,1H3,(H2,23,24,25). The van der Waals surface area contributed by atoms with Crippen LogP contribution in [-0.2, 0) is 17.8 Å². The molecule has 2 aliphatic heterocycles. The zero-order valence-corrected chi connectivity index (χ0v) is 17.3. The lowest BCUT2D eigenvalue weighted by atomic mass is 9.84. The number of hydrogen-bond donors (Lipinski definition) is 3. The highest BCUT2D eigenvalue weighted by molar-refractivity contribution is 5.79.